The Labute approximate surface area is 82.1 Å². The second kappa shape index (κ2) is 2.83. The van der Waals surface area contributed by atoms with Crippen LogP contribution in [0.25, 0.3) is 0 Å². The monoisotopic (exact) mass is 191 g/mol. The predicted molar refractivity (Wildman–Crippen MR) is 51.1 cm³/mol. The van der Waals surface area contributed by atoms with Gasteiger partial charge in [-0.2, -0.15) is 5.10 Å². The molecule has 2 saturated carbocycles. The molecule has 1 aromatic rings. The minimum Gasteiger partial charge on any atom is -0.348 e. The SMILES string of the molecule is O=C(NC1CC1)c1cc(C2CC2)[nH]n1. The lowest BCUT2D eigenvalue weighted by Gasteiger charge is -1.97. The third kappa shape index (κ3) is 1.52. The van der Waals surface area contributed by atoms with Crippen molar-refractivity contribution >= 4 is 5.91 Å². The first-order valence-corrected chi connectivity index (χ1v) is 5.19. The van der Waals surface area contributed by atoms with Crippen molar-refractivity contribution in [3.05, 3.63) is 17.5 Å². The second-order valence-electron chi connectivity index (χ2n) is 4.23. The van der Waals surface area contributed by atoms with Crippen molar-refractivity contribution in [2.45, 2.75) is 37.6 Å². The van der Waals surface area contributed by atoms with E-state index in [4.69, 9.17) is 0 Å². The van der Waals surface area contributed by atoms with E-state index in [2.05, 4.69) is 15.5 Å². The molecular formula is C10H13N3O. The number of nitrogens with one attached hydrogen (secondary N) is 2. The molecule has 4 nitrogen and oxygen atoms in total. The zero-order chi connectivity index (χ0) is 9.54. The van der Waals surface area contributed by atoms with Gasteiger partial charge in [0.15, 0.2) is 0 Å². The van der Waals surface area contributed by atoms with Gasteiger partial charge >= 0.3 is 0 Å². The van der Waals surface area contributed by atoms with Crippen molar-refractivity contribution in [2.24, 2.45) is 0 Å². The van der Waals surface area contributed by atoms with E-state index in [1.165, 1.54) is 12.8 Å². The van der Waals surface area contributed by atoms with Crippen LogP contribution >= 0.6 is 0 Å². The molecule has 0 aliphatic heterocycles. The Morgan fingerprint density at radius 1 is 1.43 bits per heavy atom. The molecule has 4 heteroatoms. The van der Waals surface area contributed by atoms with E-state index in [9.17, 15) is 4.79 Å². The lowest BCUT2D eigenvalue weighted by Crippen LogP contribution is -2.25. The van der Waals surface area contributed by atoms with Gasteiger partial charge < -0.3 is 5.32 Å². The second-order valence-corrected chi connectivity index (χ2v) is 4.23. The summed E-state index contributed by atoms with van der Waals surface area (Å²) < 4.78 is 0. The minimum atomic E-state index is -0.0318. The Balaban J connectivity index is 1.70. The van der Waals surface area contributed by atoms with Crippen LogP contribution in [0.4, 0.5) is 0 Å². The smallest absolute Gasteiger partial charge is 0.271 e. The van der Waals surface area contributed by atoms with Gasteiger partial charge in [-0.25, -0.2) is 0 Å². The maximum Gasteiger partial charge on any atom is 0.271 e. The van der Waals surface area contributed by atoms with Gasteiger partial charge in [0.25, 0.3) is 5.91 Å². The summed E-state index contributed by atoms with van der Waals surface area (Å²) in [5, 5.41) is 9.87. The first-order chi connectivity index (χ1) is 6.83. The Morgan fingerprint density at radius 2 is 2.21 bits per heavy atom. The Morgan fingerprint density at radius 3 is 2.86 bits per heavy atom. The summed E-state index contributed by atoms with van der Waals surface area (Å²) in [6, 6.07) is 2.29. The van der Waals surface area contributed by atoms with Crippen LogP contribution in [0.1, 0.15) is 47.8 Å². The highest BCUT2D eigenvalue weighted by atomic mass is 16.2. The van der Waals surface area contributed by atoms with Crippen molar-refractivity contribution in [1.82, 2.24) is 15.5 Å². The molecule has 2 N–H and O–H groups in total. The van der Waals surface area contributed by atoms with Crippen LogP contribution < -0.4 is 5.32 Å². The largest absolute Gasteiger partial charge is 0.348 e. The van der Waals surface area contributed by atoms with E-state index in [1.807, 2.05) is 6.07 Å². The van der Waals surface area contributed by atoms with Crippen LogP contribution in [0.3, 0.4) is 0 Å². The average Bonchev–Trinajstić information content (AvgIpc) is 3.08. The van der Waals surface area contributed by atoms with E-state index in [0.29, 0.717) is 17.7 Å². The first-order valence-electron chi connectivity index (χ1n) is 5.19. The van der Waals surface area contributed by atoms with E-state index in [1.54, 1.807) is 0 Å². The number of nitrogens with zero attached hydrogens (tertiary/aromatic N) is 1. The lowest BCUT2D eigenvalue weighted by molar-refractivity contribution is 0.0946. The van der Waals surface area contributed by atoms with Gasteiger partial charge in [-0.1, -0.05) is 0 Å². The maximum atomic E-state index is 11.6. The van der Waals surface area contributed by atoms with Gasteiger partial charge in [-0.05, 0) is 31.7 Å². The summed E-state index contributed by atoms with van der Waals surface area (Å²) in [6.45, 7) is 0. The predicted octanol–water partition coefficient (Wildman–Crippen LogP) is 1.18. The van der Waals surface area contributed by atoms with E-state index in [0.717, 1.165) is 18.5 Å². The van der Waals surface area contributed by atoms with Crippen molar-refractivity contribution in [3.63, 3.8) is 0 Å². The maximum absolute atomic E-state index is 11.6. The number of hydrogen-bond acceptors (Lipinski definition) is 2. The third-order valence-electron chi connectivity index (χ3n) is 2.76. The fourth-order valence-electron chi connectivity index (χ4n) is 1.54. The summed E-state index contributed by atoms with van der Waals surface area (Å²) in [5.74, 6) is 0.598. The Hall–Kier alpha value is -1.32. The fraction of sp³-hybridized carbons (Fsp3) is 0.600. The van der Waals surface area contributed by atoms with Gasteiger partial charge in [0.05, 0.1) is 0 Å². The summed E-state index contributed by atoms with van der Waals surface area (Å²) in [6.07, 6.45) is 4.69. The molecule has 0 unspecified atom stereocenters. The molecule has 0 saturated heterocycles. The highest BCUT2D eigenvalue weighted by Gasteiger charge is 2.28. The summed E-state index contributed by atoms with van der Waals surface area (Å²) in [4.78, 5) is 11.6. The average molecular weight is 191 g/mol. The van der Waals surface area contributed by atoms with Crippen LogP contribution in [-0.4, -0.2) is 22.1 Å². The van der Waals surface area contributed by atoms with Crippen molar-refractivity contribution in [2.75, 3.05) is 0 Å². The summed E-state index contributed by atoms with van der Waals surface area (Å²) in [7, 11) is 0. The summed E-state index contributed by atoms with van der Waals surface area (Å²) in [5.41, 5.74) is 1.66. The van der Waals surface area contributed by atoms with Gasteiger partial charge in [0, 0.05) is 17.7 Å². The van der Waals surface area contributed by atoms with Gasteiger partial charge in [0.2, 0.25) is 0 Å². The highest BCUT2D eigenvalue weighted by molar-refractivity contribution is 5.92. The topological polar surface area (TPSA) is 57.8 Å². The van der Waals surface area contributed by atoms with Crippen LogP contribution in [0, 0.1) is 0 Å². The number of aromatic amines is 1. The van der Waals surface area contributed by atoms with Crippen LogP contribution in [0.5, 0.6) is 0 Å². The van der Waals surface area contributed by atoms with E-state index < -0.39 is 0 Å². The quantitative estimate of drug-likeness (QED) is 0.753. The van der Waals surface area contributed by atoms with Crippen LogP contribution in [0.2, 0.25) is 0 Å². The molecular weight excluding hydrogens is 178 g/mol. The molecule has 14 heavy (non-hydrogen) atoms. The van der Waals surface area contributed by atoms with E-state index in [-0.39, 0.29) is 5.91 Å². The fourth-order valence-corrected chi connectivity index (χ4v) is 1.54. The molecule has 2 fully saturated rings. The normalized spacial score (nSPS) is 20.9. The van der Waals surface area contributed by atoms with Gasteiger partial charge in [-0.3, -0.25) is 9.89 Å². The molecule has 0 spiro atoms. The third-order valence-corrected chi connectivity index (χ3v) is 2.76. The van der Waals surface area contributed by atoms with Crippen molar-refractivity contribution in [3.8, 4) is 0 Å². The van der Waals surface area contributed by atoms with Crippen molar-refractivity contribution in [1.29, 1.82) is 0 Å². The molecule has 0 aromatic carbocycles. The number of amides is 1. The standard InChI is InChI=1S/C10H13N3O/c14-10(11-7-3-4-7)9-5-8(12-13-9)6-1-2-6/h5-7H,1-4H2,(H,11,14)(H,12,13). The molecule has 0 bridgehead atoms. The molecule has 1 aromatic heterocycles. The lowest BCUT2D eigenvalue weighted by atomic mass is 10.2. The molecule has 74 valence electrons. The number of H-pyrrole nitrogens is 1. The van der Waals surface area contributed by atoms with Gasteiger partial charge in [0.1, 0.15) is 5.69 Å². The van der Waals surface area contributed by atoms with Crippen LogP contribution in [0.15, 0.2) is 6.07 Å². The molecule has 1 amide bonds. The number of aromatic nitrogens is 2. The molecule has 0 atom stereocenters. The molecule has 2 aliphatic rings. The van der Waals surface area contributed by atoms with Crippen molar-refractivity contribution < 1.29 is 4.79 Å². The number of rotatable bonds is 3. The molecule has 3 rings (SSSR count). The van der Waals surface area contributed by atoms with E-state index >= 15 is 0 Å². The summed E-state index contributed by atoms with van der Waals surface area (Å²) >= 11 is 0. The molecule has 0 radical (unpaired) electrons. The number of carbonyl (C=O) groups is 1. The Kier molecular flexibility index (Phi) is 1.63. The molecule has 2 aliphatic carbocycles. The zero-order valence-electron chi connectivity index (χ0n) is 7.92. The first kappa shape index (κ1) is 8.03. The van der Waals surface area contributed by atoms with Gasteiger partial charge in [-0.15, -0.1) is 0 Å². The highest BCUT2D eigenvalue weighted by Crippen LogP contribution is 2.39. The van der Waals surface area contributed by atoms with Crippen LogP contribution in [-0.2, 0) is 0 Å². The number of carbonyl (C=O) groups excluding carboxylic acids is 1. The Bertz CT molecular complexity index is 363. The number of hydrogen-bond donors (Lipinski definition) is 2. The molecule has 1 heterocycles. The minimum absolute atomic E-state index is 0.0318. The zero-order valence-corrected chi connectivity index (χ0v) is 7.92.